The van der Waals surface area contributed by atoms with E-state index in [1.807, 2.05) is 43.3 Å². The molecule has 3 N–H and O–H groups in total. The van der Waals surface area contributed by atoms with Gasteiger partial charge in [0, 0.05) is 27.9 Å². The Morgan fingerprint density at radius 2 is 1.41 bits per heavy atom. The molecule has 4 aromatic carbocycles. The van der Waals surface area contributed by atoms with Gasteiger partial charge in [-0.15, -0.1) is 0 Å². The average molecular weight is 485 g/mol. The van der Waals surface area contributed by atoms with Gasteiger partial charge in [0.2, 0.25) is 0 Å². The SMILES string of the molecule is Cc1ccc(S(=O)(=O)Nc2cc(-c3ccccc3)c(N)c3c2C(=O)c2ccccc2C3=S)cc1. The number of carbonyl (C=O) groups is 1. The number of nitrogen functional groups attached to an aromatic ring is 1. The molecule has 168 valence electrons. The van der Waals surface area contributed by atoms with Crippen LogP contribution in [0.5, 0.6) is 0 Å². The van der Waals surface area contributed by atoms with Gasteiger partial charge in [-0.05, 0) is 30.7 Å². The van der Waals surface area contributed by atoms with Crippen molar-refractivity contribution in [2.24, 2.45) is 0 Å². The second kappa shape index (κ2) is 8.20. The molecule has 0 radical (unpaired) electrons. The molecule has 0 amide bonds. The van der Waals surface area contributed by atoms with Gasteiger partial charge < -0.3 is 5.73 Å². The molecule has 1 aliphatic carbocycles. The first-order valence-corrected chi connectivity index (χ1v) is 12.5. The van der Waals surface area contributed by atoms with Gasteiger partial charge in [0.15, 0.2) is 5.78 Å². The van der Waals surface area contributed by atoms with Crippen molar-refractivity contribution in [1.29, 1.82) is 0 Å². The van der Waals surface area contributed by atoms with Crippen molar-refractivity contribution in [1.82, 2.24) is 0 Å². The molecular formula is C27H20N2O3S2. The highest BCUT2D eigenvalue weighted by atomic mass is 32.2. The van der Waals surface area contributed by atoms with Crippen molar-refractivity contribution < 1.29 is 13.2 Å². The maximum absolute atomic E-state index is 13.6. The molecule has 0 spiro atoms. The minimum atomic E-state index is -3.98. The summed E-state index contributed by atoms with van der Waals surface area (Å²) in [4.78, 5) is 14.1. The number of anilines is 2. The summed E-state index contributed by atoms with van der Waals surface area (Å²) >= 11 is 5.76. The average Bonchev–Trinajstić information content (AvgIpc) is 2.84. The summed E-state index contributed by atoms with van der Waals surface area (Å²) in [6.45, 7) is 1.88. The van der Waals surface area contributed by atoms with Crippen LogP contribution in [0.2, 0.25) is 0 Å². The van der Waals surface area contributed by atoms with Gasteiger partial charge in [-0.25, -0.2) is 8.42 Å². The van der Waals surface area contributed by atoms with Crippen molar-refractivity contribution in [2.75, 3.05) is 10.5 Å². The number of aryl methyl sites for hydroxylation is 1. The number of carbonyl (C=O) groups excluding carboxylic acids is 1. The van der Waals surface area contributed by atoms with Crippen molar-refractivity contribution in [3.8, 4) is 11.1 Å². The Labute approximate surface area is 203 Å². The van der Waals surface area contributed by atoms with Gasteiger partial charge >= 0.3 is 0 Å². The van der Waals surface area contributed by atoms with E-state index in [2.05, 4.69) is 4.72 Å². The van der Waals surface area contributed by atoms with E-state index >= 15 is 0 Å². The van der Waals surface area contributed by atoms with E-state index in [9.17, 15) is 13.2 Å². The first-order chi connectivity index (χ1) is 16.3. The molecule has 7 heteroatoms. The Kier molecular flexibility index (Phi) is 5.31. The zero-order valence-corrected chi connectivity index (χ0v) is 19.8. The lowest BCUT2D eigenvalue weighted by Crippen LogP contribution is -2.25. The summed E-state index contributed by atoms with van der Waals surface area (Å²) < 4.78 is 29.2. The molecule has 0 unspecified atom stereocenters. The summed E-state index contributed by atoms with van der Waals surface area (Å²) in [5, 5.41) is 0. The van der Waals surface area contributed by atoms with Crippen LogP contribution in [0, 0.1) is 6.92 Å². The first kappa shape index (κ1) is 22.0. The number of hydrogen-bond acceptors (Lipinski definition) is 5. The zero-order chi connectivity index (χ0) is 24.0. The van der Waals surface area contributed by atoms with E-state index in [1.165, 1.54) is 12.1 Å². The van der Waals surface area contributed by atoms with Crippen LogP contribution in [-0.2, 0) is 10.0 Å². The smallest absolute Gasteiger partial charge is 0.261 e. The molecule has 5 nitrogen and oxygen atoms in total. The van der Waals surface area contributed by atoms with E-state index in [4.69, 9.17) is 18.0 Å². The van der Waals surface area contributed by atoms with Crippen molar-refractivity contribution in [3.63, 3.8) is 0 Å². The highest BCUT2D eigenvalue weighted by molar-refractivity contribution is 7.92. The maximum Gasteiger partial charge on any atom is 0.261 e. The molecule has 0 bridgehead atoms. The molecule has 34 heavy (non-hydrogen) atoms. The number of nitrogens with two attached hydrogens (primary N) is 1. The Hall–Kier alpha value is -3.81. The number of hydrogen-bond donors (Lipinski definition) is 2. The summed E-state index contributed by atoms with van der Waals surface area (Å²) in [6, 6.07) is 24.5. The monoisotopic (exact) mass is 484 g/mol. The molecule has 0 atom stereocenters. The normalized spacial score (nSPS) is 12.7. The molecule has 5 rings (SSSR count). The molecule has 0 fully saturated rings. The number of sulfonamides is 1. The molecular weight excluding hydrogens is 464 g/mol. The zero-order valence-electron chi connectivity index (χ0n) is 18.2. The standard InChI is InChI=1S/C27H20N2O3S2/c1-16-11-13-18(14-12-16)34(31,32)29-22-15-21(17-7-3-2-4-8-17)25(28)24-23(22)26(30)19-9-5-6-10-20(19)27(24)33/h2-15,29H,28H2,1H3. The van der Waals surface area contributed by atoms with Gasteiger partial charge in [-0.2, -0.15) is 0 Å². The third kappa shape index (κ3) is 3.59. The van der Waals surface area contributed by atoms with E-state index in [-0.39, 0.29) is 21.9 Å². The predicted molar refractivity (Wildman–Crippen MR) is 139 cm³/mol. The van der Waals surface area contributed by atoms with Gasteiger partial charge in [0.1, 0.15) is 0 Å². The number of nitrogens with one attached hydrogen (secondary N) is 1. The van der Waals surface area contributed by atoms with Crippen LogP contribution in [-0.4, -0.2) is 19.1 Å². The van der Waals surface area contributed by atoms with Crippen LogP contribution in [0.4, 0.5) is 11.4 Å². The minimum Gasteiger partial charge on any atom is -0.398 e. The van der Waals surface area contributed by atoms with Crippen molar-refractivity contribution in [2.45, 2.75) is 11.8 Å². The van der Waals surface area contributed by atoms with Gasteiger partial charge in [-0.1, -0.05) is 84.5 Å². The van der Waals surface area contributed by atoms with Crippen LogP contribution in [0.3, 0.4) is 0 Å². The highest BCUT2D eigenvalue weighted by Crippen LogP contribution is 2.42. The van der Waals surface area contributed by atoms with Crippen molar-refractivity contribution in [3.05, 3.63) is 113 Å². The Morgan fingerprint density at radius 1 is 0.794 bits per heavy atom. The largest absolute Gasteiger partial charge is 0.398 e. The Morgan fingerprint density at radius 3 is 2.09 bits per heavy atom. The molecule has 0 saturated carbocycles. The van der Waals surface area contributed by atoms with Crippen LogP contribution in [0.15, 0.2) is 89.8 Å². The van der Waals surface area contributed by atoms with Crippen LogP contribution in [0.1, 0.15) is 32.6 Å². The summed E-state index contributed by atoms with van der Waals surface area (Å²) in [5.41, 5.74) is 11.0. The lowest BCUT2D eigenvalue weighted by atomic mass is 9.81. The van der Waals surface area contributed by atoms with Crippen LogP contribution in [0.25, 0.3) is 11.1 Å². The van der Waals surface area contributed by atoms with E-state index in [0.29, 0.717) is 32.8 Å². The Balaban J connectivity index is 1.77. The third-order valence-electron chi connectivity index (χ3n) is 5.90. The fraction of sp³-hybridized carbons (Fsp3) is 0.0370. The van der Waals surface area contributed by atoms with E-state index < -0.39 is 10.0 Å². The van der Waals surface area contributed by atoms with Crippen molar-refractivity contribution >= 4 is 44.3 Å². The van der Waals surface area contributed by atoms with Gasteiger partial charge in [0.05, 0.1) is 21.0 Å². The molecule has 0 saturated heterocycles. The predicted octanol–water partition coefficient (Wildman–Crippen LogP) is 5.36. The number of fused-ring (bicyclic) bond motifs is 2. The molecule has 0 aromatic heterocycles. The first-order valence-electron chi connectivity index (χ1n) is 10.6. The number of thiocarbonyl (C=S) groups is 1. The summed E-state index contributed by atoms with van der Waals surface area (Å²) in [7, 11) is -3.98. The van der Waals surface area contributed by atoms with Crippen LogP contribution < -0.4 is 10.5 Å². The topological polar surface area (TPSA) is 89.3 Å². The van der Waals surface area contributed by atoms with Gasteiger partial charge in [0.25, 0.3) is 10.0 Å². The Bertz CT molecular complexity index is 1580. The lowest BCUT2D eigenvalue weighted by Gasteiger charge is -2.26. The number of ketones is 1. The fourth-order valence-electron chi connectivity index (χ4n) is 4.18. The number of benzene rings is 4. The van der Waals surface area contributed by atoms with E-state index in [1.54, 1.807) is 36.4 Å². The van der Waals surface area contributed by atoms with E-state index in [0.717, 1.165) is 11.1 Å². The third-order valence-corrected chi connectivity index (χ3v) is 7.70. The minimum absolute atomic E-state index is 0.0937. The highest BCUT2D eigenvalue weighted by Gasteiger charge is 2.33. The molecule has 0 heterocycles. The maximum atomic E-state index is 13.6. The van der Waals surface area contributed by atoms with Crippen LogP contribution >= 0.6 is 12.2 Å². The summed E-state index contributed by atoms with van der Waals surface area (Å²) in [5.74, 6) is -0.327. The quantitative estimate of drug-likeness (QED) is 0.265. The summed E-state index contributed by atoms with van der Waals surface area (Å²) in [6.07, 6.45) is 0. The second-order valence-corrected chi connectivity index (χ2v) is 10.2. The number of rotatable bonds is 4. The van der Waals surface area contributed by atoms with Gasteiger partial charge in [-0.3, -0.25) is 9.52 Å². The fourth-order valence-corrected chi connectivity index (χ4v) is 5.63. The lowest BCUT2D eigenvalue weighted by molar-refractivity contribution is 0.103. The second-order valence-electron chi connectivity index (χ2n) is 8.12. The molecule has 1 aliphatic rings. The molecule has 0 aliphatic heterocycles. The molecule has 4 aromatic rings.